The van der Waals surface area contributed by atoms with Gasteiger partial charge < -0.3 is 20.3 Å². The van der Waals surface area contributed by atoms with Crippen LogP contribution in [0.4, 0.5) is 11.4 Å². The number of carbonyl (C=O) groups excluding carboxylic acids is 3. The molecule has 2 heterocycles. The van der Waals surface area contributed by atoms with Crippen molar-refractivity contribution < 1.29 is 19.1 Å². The second kappa shape index (κ2) is 6.51. The average molecular weight is 351 g/mol. The van der Waals surface area contributed by atoms with Gasteiger partial charge in [-0.3, -0.25) is 14.4 Å². The molecule has 7 nitrogen and oxygen atoms in total. The summed E-state index contributed by atoms with van der Waals surface area (Å²) < 4.78 is 5.40. The standard InChI is InChI=1S/C19H17N3O4/c23-17(21-14-5-3-4-12-13(14)10-20-19(12)25)8-9-22-15-6-1-2-7-16(15)26-11-18(22)24/h1-7H,8-11H2,(H,20,25)(H,21,23). The molecule has 3 amide bonds. The molecule has 2 aliphatic rings. The fraction of sp³-hybridized carbons (Fsp3) is 0.211. The van der Waals surface area contributed by atoms with E-state index in [9.17, 15) is 14.4 Å². The minimum Gasteiger partial charge on any atom is -0.482 e. The van der Waals surface area contributed by atoms with E-state index in [0.29, 0.717) is 29.2 Å². The number of carbonyl (C=O) groups is 3. The first kappa shape index (κ1) is 16.1. The summed E-state index contributed by atoms with van der Waals surface area (Å²) in [5.74, 6) is 0.117. The van der Waals surface area contributed by atoms with Crippen molar-refractivity contribution in [2.75, 3.05) is 23.4 Å². The Morgan fingerprint density at radius 1 is 1.15 bits per heavy atom. The lowest BCUT2D eigenvalue weighted by atomic mass is 10.1. The third kappa shape index (κ3) is 2.88. The summed E-state index contributed by atoms with van der Waals surface area (Å²) >= 11 is 0. The summed E-state index contributed by atoms with van der Waals surface area (Å²) in [4.78, 5) is 37.8. The molecule has 0 bridgehead atoms. The summed E-state index contributed by atoms with van der Waals surface area (Å²) in [7, 11) is 0. The van der Waals surface area contributed by atoms with Crippen LogP contribution in [0.1, 0.15) is 22.3 Å². The van der Waals surface area contributed by atoms with Crippen LogP contribution in [0.15, 0.2) is 42.5 Å². The van der Waals surface area contributed by atoms with E-state index in [0.717, 1.165) is 5.56 Å². The molecule has 7 heteroatoms. The number of para-hydroxylation sites is 2. The Bertz CT molecular complexity index is 909. The molecule has 0 unspecified atom stereocenters. The molecule has 0 saturated heterocycles. The third-order valence-electron chi connectivity index (χ3n) is 4.49. The molecule has 26 heavy (non-hydrogen) atoms. The largest absolute Gasteiger partial charge is 0.482 e. The molecule has 2 aliphatic heterocycles. The molecule has 0 radical (unpaired) electrons. The van der Waals surface area contributed by atoms with Gasteiger partial charge in [-0.15, -0.1) is 0 Å². The van der Waals surface area contributed by atoms with Gasteiger partial charge in [-0.25, -0.2) is 0 Å². The number of nitrogens with one attached hydrogen (secondary N) is 2. The first-order valence-corrected chi connectivity index (χ1v) is 8.35. The van der Waals surface area contributed by atoms with Crippen LogP contribution in [0.25, 0.3) is 0 Å². The maximum Gasteiger partial charge on any atom is 0.265 e. The van der Waals surface area contributed by atoms with Crippen LogP contribution in [-0.2, 0) is 16.1 Å². The Kier molecular flexibility index (Phi) is 4.04. The predicted octanol–water partition coefficient (Wildman–Crippen LogP) is 1.68. The number of hydrogen-bond acceptors (Lipinski definition) is 4. The molecule has 0 aromatic heterocycles. The van der Waals surface area contributed by atoms with Crippen molar-refractivity contribution in [1.82, 2.24) is 5.32 Å². The highest BCUT2D eigenvalue weighted by atomic mass is 16.5. The normalized spacial score (nSPS) is 15.0. The Labute approximate surface area is 149 Å². The molecule has 0 spiro atoms. The summed E-state index contributed by atoms with van der Waals surface area (Å²) in [6.07, 6.45) is 0.144. The Morgan fingerprint density at radius 2 is 2.00 bits per heavy atom. The Balaban J connectivity index is 1.44. The topological polar surface area (TPSA) is 87.7 Å². The van der Waals surface area contributed by atoms with E-state index in [2.05, 4.69) is 10.6 Å². The van der Waals surface area contributed by atoms with Gasteiger partial charge in [-0.2, -0.15) is 0 Å². The monoisotopic (exact) mass is 351 g/mol. The van der Waals surface area contributed by atoms with Crippen LogP contribution in [0.5, 0.6) is 5.75 Å². The zero-order valence-electron chi connectivity index (χ0n) is 14.0. The quantitative estimate of drug-likeness (QED) is 0.877. The van der Waals surface area contributed by atoms with Gasteiger partial charge >= 0.3 is 0 Å². The summed E-state index contributed by atoms with van der Waals surface area (Å²) in [6, 6.07) is 12.5. The zero-order chi connectivity index (χ0) is 18.1. The third-order valence-corrected chi connectivity index (χ3v) is 4.49. The average Bonchev–Trinajstić information content (AvgIpc) is 3.03. The minimum atomic E-state index is -0.213. The second-order valence-electron chi connectivity index (χ2n) is 6.11. The number of ether oxygens (including phenoxy) is 1. The van der Waals surface area contributed by atoms with Gasteiger partial charge in [0.1, 0.15) is 5.75 Å². The lowest BCUT2D eigenvalue weighted by Gasteiger charge is -2.29. The highest BCUT2D eigenvalue weighted by Gasteiger charge is 2.26. The van der Waals surface area contributed by atoms with E-state index in [4.69, 9.17) is 4.74 Å². The van der Waals surface area contributed by atoms with Gasteiger partial charge in [0.15, 0.2) is 6.61 Å². The van der Waals surface area contributed by atoms with Crippen molar-refractivity contribution in [3.8, 4) is 5.75 Å². The Morgan fingerprint density at radius 3 is 2.88 bits per heavy atom. The van der Waals surface area contributed by atoms with E-state index in [1.807, 2.05) is 12.1 Å². The van der Waals surface area contributed by atoms with Crippen LogP contribution in [-0.4, -0.2) is 30.9 Å². The van der Waals surface area contributed by atoms with Crippen molar-refractivity contribution in [2.45, 2.75) is 13.0 Å². The van der Waals surface area contributed by atoms with Crippen LogP contribution in [0, 0.1) is 0 Å². The number of rotatable bonds is 4. The number of fused-ring (bicyclic) bond motifs is 2. The smallest absolute Gasteiger partial charge is 0.265 e. The van der Waals surface area contributed by atoms with Crippen molar-refractivity contribution in [1.29, 1.82) is 0 Å². The van der Waals surface area contributed by atoms with Gasteiger partial charge in [-0.05, 0) is 24.3 Å². The fourth-order valence-electron chi connectivity index (χ4n) is 3.20. The van der Waals surface area contributed by atoms with Crippen molar-refractivity contribution in [3.05, 3.63) is 53.6 Å². The van der Waals surface area contributed by atoms with E-state index in [1.165, 1.54) is 0 Å². The first-order chi connectivity index (χ1) is 12.6. The van der Waals surface area contributed by atoms with E-state index < -0.39 is 0 Å². The van der Waals surface area contributed by atoms with Gasteiger partial charge in [0.05, 0.1) is 5.69 Å². The van der Waals surface area contributed by atoms with E-state index in [1.54, 1.807) is 35.2 Å². The number of nitrogens with zero attached hydrogens (tertiary/aromatic N) is 1. The molecule has 0 atom stereocenters. The van der Waals surface area contributed by atoms with Crippen molar-refractivity contribution in [3.63, 3.8) is 0 Å². The SMILES string of the molecule is O=C(CCN1C(=O)COc2ccccc21)Nc1cccc2c1CNC2=O. The van der Waals surface area contributed by atoms with E-state index in [-0.39, 0.29) is 37.3 Å². The number of benzene rings is 2. The van der Waals surface area contributed by atoms with Gasteiger partial charge in [0.25, 0.3) is 11.8 Å². The summed E-state index contributed by atoms with van der Waals surface area (Å²) in [5, 5.41) is 5.58. The fourth-order valence-corrected chi connectivity index (χ4v) is 3.20. The van der Waals surface area contributed by atoms with Crippen LogP contribution < -0.4 is 20.3 Å². The lowest BCUT2D eigenvalue weighted by Crippen LogP contribution is -2.40. The van der Waals surface area contributed by atoms with Crippen LogP contribution in [0.3, 0.4) is 0 Å². The van der Waals surface area contributed by atoms with Gasteiger partial charge in [0.2, 0.25) is 5.91 Å². The lowest BCUT2D eigenvalue weighted by molar-refractivity contribution is -0.121. The predicted molar refractivity (Wildman–Crippen MR) is 95.1 cm³/mol. The summed E-state index contributed by atoms with van der Waals surface area (Å²) in [5.41, 5.74) is 2.67. The van der Waals surface area contributed by atoms with Gasteiger partial charge in [0, 0.05) is 36.3 Å². The first-order valence-electron chi connectivity index (χ1n) is 8.35. The Hall–Kier alpha value is -3.35. The molecule has 0 fully saturated rings. The van der Waals surface area contributed by atoms with Gasteiger partial charge in [-0.1, -0.05) is 18.2 Å². The molecule has 2 aromatic carbocycles. The molecule has 0 saturated carbocycles. The molecule has 2 N–H and O–H groups in total. The molecular weight excluding hydrogens is 334 g/mol. The highest BCUT2D eigenvalue weighted by molar-refractivity contribution is 6.02. The maximum atomic E-state index is 12.4. The zero-order valence-corrected chi connectivity index (χ0v) is 14.0. The van der Waals surface area contributed by atoms with Crippen molar-refractivity contribution >= 4 is 29.1 Å². The molecule has 4 rings (SSSR count). The molecule has 2 aromatic rings. The number of hydrogen-bond donors (Lipinski definition) is 2. The molecule has 132 valence electrons. The second-order valence-corrected chi connectivity index (χ2v) is 6.11. The van der Waals surface area contributed by atoms with Crippen LogP contribution in [0.2, 0.25) is 0 Å². The van der Waals surface area contributed by atoms with E-state index >= 15 is 0 Å². The molecule has 0 aliphatic carbocycles. The molecular formula is C19H17N3O4. The summed E-state index contributed by atoms with van der Waals surface area (Å²) in [6.45, 7) is 0.635. The highest BCUT2D eigenvalue weighted by Crippen LogP contribution is 2.31. The maximum absolute atomic E-state index is 12.4. The number of anilines is 2. The van der Waals surface area contributed by atoms with Crippen molar-refractivity contribution in [2.24, 2.45) is 0 Å². The number of amides is 3. The minimum absolute atomic E-state index is 0.0292. The van der Waals surface area contributed by atoms with Crippen LogP contribution >= 0.6 is 0 Å².